The standard InChI is InChI=1S/C22H22N2O3S/c1-24-10-2-3-16(12-24)23-22(27)21-9-8-20(28-21)15-4-6-17-14(11-15)5-7-19(26)18(17)13-25/h4-9,11,13,16,26H,2-3,10,12H2,1H3,(H,23,27). The van der Waals surface area contributed by atoms with Crippen LogP contribution in [0, 0.1) is 0 Å². The Morgan fingerprint density at radius 2 is 2.11 bits per heavy atom. The lowest BCUT2D eigenvalue weighted by atomic mass is 10.0. The Morgan fingerprint density at radius 3 is 2.89 bits per heavy atom. The van der Waals surface area contributed by atoms with Gasteiger partial charge >= 0.3 is 0 Å². The third-order valence-corrected chi connectivity index (χ3v) is 6.36. The maximum atomic E-state index is 12.6. The Bertz CT molecular complexity index is 1040. The van der Waals surface area contributed by atoms with Crippen molar-refractivity contribution in [2.45, 2.75) is 18.9 Å². The first kappa shape index (κ1) is 18.7. The van der Waals surface area contributed by atoms with Crippen LogP contribution in [0.3, 0.4) is 0 Å². The number of thiophene rings is 1. The molecule has 0 spiro atoms. The third kappa shape index (κ3) is 3.66. The smallest absolute Gasteiger partial charge is 0.261 e. The topological polar surface area (TPSA) is 69.6 Å². The van der Waals surface area contributed by atoms with Crippen LogP contribution in [-0.2, 0) is 0 Å². The lowest BCUT2D eigenvalue weighted by Crippen LogP contribution is -2.46. The molecular formula is C22H22N2O3S. The maximum Gasteiger partial charge on any atom is 0.261 e. The summed E-state index contributed by atoms with van der Waals surface area (Å²) in [5, 5.41) is 14.6. The highest BCUT2D eigenvalue weighted by atomic mass is 32.1. The van der Waals surface area contributed by atoms with E-state index in [2.05, 4.69) is 17.3 Å². The molecule has 5 nitrogen and oxygen atoms in total. The van der Waals surface area contributed by atoms with Crippen LogP contribution in [0.5, 0.6) is 5.75 Å². The molecule has 28 heavy (non-hydrogen) atoms. The summed E-state index contributed by atoms with van der Waals surface area (Å²) >= 11 is 1.46. The summed E-state index contributed by atoms with van der Waals surface area (Å²) in [6, 6.07) is 13.1. The van der Waals surface area contributed by atoms with Gasteiger partial charge in [0.1, 0.15) is 5.75 Å². The van der Waals surface area contributed by atoms with E-state index in [1.54, 1.807) is 6.07 Å². The van der Waals surface area contributed by atoms with Gasteiger partial charge < -0.3 is 15.3 Å². The van der Waals surface area contributed by atoms with E-state index in [1.807, 2.05) is 30.3 Å². The number of hydrogen-bond donors (Lipinski definition) is 2. The van der Waals surface area contributed by atoms with Crippen molar-refractivity contribution < 1.29 is 14.7 Å². The van der Waals surface area contributed by atoms with Gasteiger partial charge in [0.25, 0.3) is 5.91 Å². The predicted molar refractivity (Wildman–Crippen MR) is 112 cm³/mol. The van der Waals surface area contributed by atoms with Crippen molar-refractivity contribution in [1.29, 1.82) is 0 Å². The third-order valence-electron chi connectivity index (χ3n) is 5.23. The van der Waals surface area contributed by atoms with E-state index in [-0.39, 0.29) is 17.7 Å². The average Bonchev–Trinajstić information content (AvgIpc) is 3.18. The molecule has 0 bridgehead atoms. The molecule has 2 aromatic carbocycles. The summed E-state index contributed by atoms with van der Waals surface area (Å²) in [6.45, 7) is 1.97. The van der Waals surface area contributed by atoms with Gasteiger partial charge in [0, 0.05) is 17.5 Å². The van der Waals surface area contributed by atoms with E-state index in [9.17, 15) is 14.7 Å². The number of hydrogen-bond acceptors (Lipinski definition) is 5. The molecule has 1 amide bonds. The Labute approximate surface area is 167 Å². The van der Waals surface area contributed by atoms with E-state index < -0.39 is 0 Å². The number of carbonyl (C=O) groups is 2. The van der Waals surface area contributed by atoms with Gasteiger partial charge in [0.05, 0.1) is 10.4 Å². The molecule has 6 heteroatoms. The van der Waals surface area contributed by atoms with Gasteiger partial charge in [-0.05, 0) is 67.0 Å². The minimum atomic E-state index is -0.0227. The van der Waals surface area contributed by atoms with E-state index >= 15 is 0 Å². The van der Waals surface area contributed by atoms with E-state index in [0.29, 0.717) is 16.7 Å². The highest BCUT2D eigenvalue weighted by molar-refractivity contribution is 7.17. The number of benzene rings is 2. The van der Waals surface area contributed by atoms with Gasteiger partial charge in [-0.1, -0.05) is 18.2 Å². The minimum Gasteiger partial charge on any atom is -0.507 e. The second kappa shape index (κ2) is 7.73. The van der Waals surface area contributed by atoms with Gasteiger partial charge in [0.2, 0.25) is 0 Å². The fourth-order valence-electron chi connectivity index (χ4n) is 3.78. The van der Waals surface area contributed by atoms with Gasteiger partial charge in [-0.2, -0.15) is 0 Å². The van der Waals surface area contributed by atoms with Crippen molar-refractivity contribution in [3.63, 3.8) is 0 Å². The SMILES string of the molecule is CN1CCCC(NC(=O)c2ccc(-c3ccc4c(C=O)c(O)ccc4c3)s2)C1. The number of aldehydes is 1. The number of rotatable bonds is 4. The number of carbonyl (C=O) groups excluding carboxylic acids is 2. The normalized spacial score (nSPS) is 17.5. The fraction of sp³-hybridized carbons (Fsp3) is 0.273. The van der Waals surface area contributed by atoms with Crippen LogP contribution < -0.4 is 5.32 Å². The summed E-state index contributed by atoms with van der Waals surface area (Å²) < 4.78 is 0. The van der Waals surface area contributed by atoms with E-state index in [4.69, 9.17) is 0 Å². The number of amides is 1. The van der Waals surface area contributed by atoms with Crippen molar-refractivity contribution in [1.82, 2.24) is 10.2 Å². The molecule has 1 aliphatic rings. The Kier molecular flexibility index (Phi) is 5.15. The minimum absolute atomic E-state index is 0.0151. The zero-order chi connectivity index (χ0) is 19.7. The van der Waals surface area contributed by atoms with Crippen LogP contribution in [0.4, 0.5) is 0 Å². The van der Waals surface area contributed by atoms with E-state index in [1.165, 1.54) is 17.4 Å². The molecule has 2 heterocycles. The van der Waals surface area contributed by atoms with Gasteiger partial charge in [-0.15, -0.1) is 11.3 Å². The number of nitrogens with one attached hydrogen (secondary N) is 1. The Morgan fingerprint density at radius 1 is 1.25 bits per heavy atom. The average molecular weight is 394 g/mol. The second-order valence-electron chi connectivity index (χ2n) is 7.29. The predicted octanol–water partition coefficient (Wildman–Crippen LogP) is 3.91. The number of phenolic OH excluding ortho intramolecular Hbond substituents is 1. The molecule has 1 aliphatic heterocycles. The molecule has 1 atom stereocenters. The lowest BCUT2D eigenvalue weighted by Gasteiger charge is -2.30. The van der Waals surface area contributed by atoms with Crippen molar-refractivity contribution in [2.75, 3.05) is 20.1 Å². The first-order valence-electron chi connectivity index (χ1n) is 9.35. The molecule has 1 saturated heterocycles. The maximum absolute atomic E-state index is 12.6. The molecule has 144 valence electrons. The molecule has 3 aromatic rings. The summed E-state index contributed by atoms with van der Waals surface area (Å²) in [7, 11) is 2.08. The summed E-state index contributed by atoms with van der Waals surface area (Å²) in [5.74, 6) is -0.0378. The number of likely N-dealkylation sites (tertiary alicyclic amines) is 1. The Balaban J connectivity index is 1.56. The van der Waals surface area contributed by atoms with Crippen molar-refractivity contribution >= 4 is 34.3 Å². The van der Waals surface area contributed by atoms with Crippen molar-refractivity contribution in [2.24, 2.45) is 0 Å². The van der Waals surface area contributed by atoms with Crippen LogP contribution >= 0.6 is 11.3 Å². The van der Waals surface area contributed by atoms with Gasteiger partial charge in [0.15, 0.2) is 6.29 Å². The number of piperidine rings is 1. The van der Waals surface area contributed by atoms with Crippen molar-refractivity contribution in [3.8, 4) is 16.2 Å². The molecule has 1 aromatic heterocycles. The monoisotopic (exact) mass is 394 g/mol. The molecule has 4 rings (SSSR count). The first-order valence-corrected chi connectivity index (χ1v) is 10.2. The highest BCUT2D eigenvalue weighted by Gasteiger charge is 2.20. The summed E-state index contributed by atoms with van der Waals surface area (Å²) in [6.07, 6.45) is 2.80. The molecule has 0 saturated carbocycles. The molecule has 1 fully saturated rings. The quantitative estimate of drug-likeness (QED) is 0.658. The fourth-order valence-corrected chi connectivity index (χ4v) is 4.68. The van der Waals surface area contributed by atoms with Crippen LogP contribution in [0.25, 0.3) is 21.2 Å². The highest BCUT2D eigenvalue weighted by Crippen LogP contribution is 2.33. The zero-order valence-corrected chi connectivity index (χ0v) is 16.5. The number of aromatic hydroxyl groups is 1. The number of phenols is 1. The number of nitrogens with zero attached hydrogens (tertiary/aromatic N) is 1. The number of fused-ring (bicyclic) bond motifs is 1. The summed E-state index contributed by atoms with van der Waals surface area (Å²) in [5.41, 5.74) is 1.28. The summed E-state index contributed by atoms with van der Waals surface area (Å²) in [4.78, 5) is 27.8. The van der Waals surface area contributed by atoms with Gasteiger partial charge in [-0.3, -0.25) is 9.59 Å². The van der Waals surface area contributed by atoms with E-state index in [0.717, 1.165) is 47.1 Å². The second-order valence-corrected chi connectivity index (χ2v) is 8.37. The van der Waals surface area contributed by atoms with Crippen LogP contribution in [0.2, 0.25) is 0 Å². The number of likely N-dealkylation sites (N-methyl/N-ethyl adjacent to an activating group) is 1. The molecular weight excluding hydrogens is 372 g/mol. The first-order chi connectivity index (χ1) is 13.5. The van der Waals surface area contributed by atoms with Crippen LogP contribution in [0.15, 0.2) is 42.5 Å². The van der Waals surface area contributed by atoms with Crippen LogP contribution in [-0.4, -0.2) is 48.4 Å². The largest absolute Gasteiger partial charge is 0.507 e. The molecule has 2 N–H and O–H groups in total. The van der Waals surface area contributed by atoms with Gasteiger partial charge in [-0.25, -0.2) is 0 Å². The zero-order valence-electron chi connectivity index (χ0n) is 15.6. The molecule has 1 unspecified atom stereocenters. The van der Waals surface area contributed by atoms with Crippen molar-refractivity contribution in [3.05, 3.63) is 52.9 Å². The lowest BCUT2D eigenvalue weighted by molar-refractivity contribution is 0.0916. The molecule has 0 aliphatic carbocycles. The molecule has 0 radical (unpaired) electrons. The Hall–Kier alpha value is -2.70. The van der Waals surface area contributed by atoms with Crippen LogP contribution in [0.1, 0.15) is 32.9 Å².